The minimum Gasteiger partial charge on any atom is -0.493 e. The molecule has 0 heterocycles. The molecule has 0 spiro atoms. The van der Waals surface area contributed by atoms with E-state index in [1.54, 1.807) is 44.6 Å². The van der Waals surface area contributed by atoms with E-state index < -0.39 is 9.84 Å². The summed E-state index contributed by atoms with van der Waals surface area (Å²) in [6.45, 7) is 3.48. The van der Waals surface area contributed by atoms with Gasteiger partial charge < -0.3 is 20.1 Å². The average molecular weight is 420 g/mol. The van der Waals surface area contributed by atoms with Crippen LogP contribution in [0.15, 0.2) is 58.4 Å². The summed E-state index contributed by atoms with van der Waals surface area (Å²) < 4.78 is 35.3. The number of hydrogen-bond donors (Lipinski definition) is 2. The monoisotopic (exact) mass is 419 g/mol. The van der Waals surface area contributed by atoms with Crippen LogP contribution < -0.4 is 20.1 Å². The molecule has 2 rings (SSSR count). The van der Waals surface area contributed by atoms with Crippen LogP contribution >= 0.6 is 0 Å². The van der Waals surface area contributed by atoms with E-state index in [2.05, 4.69) is 15.6 Å². The highest BCUT2D eigenvalue weighted by Gasteiger charge is 2.13. The van der Waals surface area contributed by atoms with Gasteiger partial charge in [-0.3, -0.25) is 4.99 Å². The summed E-state index contributed by atoms with van der Waals surface area (Å²) in [4.78, 5) is 4.71. The third-order valence-corrected chi connectivity index (χ3v) is 5.94. The second-order valence-electron chi connectivity index (χ2n) is 6.26. The molecule has 0 saturated carbocycles. The molecule has 0 amide bonds. The fourth-order valence-electron chi connectivity index (χ4n) is 2.73. The van der Waals surface area contributed by atoms with Gasteiger partial charge in [0.1, 0.15) is 0 Å². The summed E-state index contributed by atoms with van der Waals surface area (Å²) in [5.41, 5.74) is 1.10. The largest absolute Gasteiger partial charge is 0.493 e. The molecule has 0 unspecified atom stereocenters. The van der Waals surface area contributed by atoms with E-state index in [1.165, 1.54) is 0 Å². The zero-order valence-electron chi connectivity index (χ0n) is 17.1. The van der Waals surface area contributed by atoms with E-state index in [0.717, 1.165) is 12.0 Å². The molecule has 2 aromatic rings. The maximum Gasteiger partial charge on any atom is 0.191 e. The van der Waals surface area contributed by atoms with Crippen molar-refractivity contribution >= 4 is 15.8 Å². The summed E-state index contributed by atoms with van der Waals surface area (Å²) in [7, 11) is -0.119. The maximum atomic E-state index is 12.4. The van der Waals surface area contributed by atoms with E-state index in [-0.39, 0.29) is 12.3 Å². The van der Waals surface area contributed by atoms with E-state index in [4.69, 9.17) is 9.47 Å². The van der Waals surface area contributed by atoms with Crippen LogP contribution in [0.25, 0.3) is 0 Å². The molecule has 0 bridgehead atoms. The van der Waals surface area contributed by atoms with Crippen molar-refractivity contribution in [3.8, 4) is 11.5 Å². The van der Waals surface area contributed by atoms with Crippen LogP contribution in [0.5, 0.6) is 11.5 Å². The Hall–Kier alpha value is -2.74. The number of benzene rings is 2. The number of aliphatic imine (C=N–C) groups is 1. The number of guanidine groups is 1. The lowest BCUT2D eigenvalue weighted by Crippen LogP contribution is -2.38. The molecule has 0 aliphatic carbocycles. The third kappa shape index (κ3) is 6.98. The first kappa shape index (κ1) is 22.5. The fraction of sp³-hybridized carbons (Fsp3) is 0.381. The second kappa shape index (κ2) is 11.3. The van der Waals surface area contributed by atoms with Gasteiger partial charge in [0.15, 0.2) is 27.3 Å². The lowest BCUT2D eigenvalue weighted by atomic mass is 10.1. The van der Waals surface area contributed by atoms with Crippen molar-refractivity contribution in [2.75, 3.05) is 39.6 Å². The Balaban J connectivity index is 1.91. The van der Waals surface area contributed by atoms with Crippen molar-refractivity contribution in [2.45, 2.75) is 18.2 Å². The topological polar surface area (TPSA) is 89.0 Å². The highest BCUT2D eigenvalue weighted by Crippen LogP contribution is 2.27. The molecule has 0 atom stereocenters. The van der Waals surface area contributed by atoms with Crippen molar-refractivity contribution in [1.29, 1.82) is 0 Å². The number of sulfone groups is 1. The predicted octanol–water partition coefficient (Wildman–Crippen LogP) is 2.28. The summed E-state index contributed by atoms with van der Waals surface area (Å²) in [6.07, 6.45) is 0.757. The van der Waals surface area contributed by atoms with E-state index in [0.29, 0.717) is 35.4 Å². The van der Waals surface area contributed by atoms with Crippen LogP contribution in [0.1, 0.15) is 12.5 Å². The zero-order valence-corrected chi connectivity index (χ0v) is 18.0. The molecule has 29 heavy (non-hydrogen) atoms. The third-order valence-electron chi connectivity index (χ3n) is 4.23. The van der Waals surface area contributed by atoms with Crippen molar-refractivity contribution in [3.05, 3.63) is 54.1 Å². The Morgan fingerprint density at radius 1 is 1.00 bits per heavy atom. The highest BCUT2D eigenvalue weighted by atomic mass is 32.2. The quantitative estimate of drug-likeness (QED) is 0.454. The summed E-state index contributed by atoms with van der Waals surface area (Å²) in [5.74, 6) is 1.94. The summed E-state index contributed by atoms with van der Waals surface area (Å²) in [6, 6.07) is 14.2. The molecule has 8 heteroatoms. The molecule has 158 valence electrons. The molecule has 2 aromatic carbocycles. The van der Waals surface area contributed by atoms with Gasteiger partial charge in [-0.2, -0.15) is 0 Å². The standard InChI is InChI=1S/C21H29N3O4S/c1-4-22-21(24-14-15-29(25,26)18-8-6-5-7-9-18)23-13-12-17-10-11-19(27-2)20(16-17)28-3/h5-11,16H,4,12-15H2,1-3H3,(H2,22,23,24). The molecular weight excluding hydrogens is 390 g/mol. The average Bonchev–Trinajstić information content (AvgIpc) is 2.74. The van der Waals surface area contributed by atoms with E-state index in [1.807, 2.05) is 25.1 Å². The van der Waals surface area contributed by atoms with Gasteiger partial charge in [0, 0.05) is 13.1 Å². The van der Waals surface area contributed by atoms with Crippen LogP contribution in [0, 0.1) is 0 Å². The Morgan fingerprint density at radius 3 is 2.38 bits per heavy atom. The SMILES string of the molecule is CCNC(=NCCS(=O)(=O)c1ccccc1)NCCc1ccc(OC)c(OC)c1. The molecule has 0 radical (unpaired) electrons. The first-order valence-electron chi connectivity index (χ1n) is 9.51. The maximum absolute atomic E-state index is 12.4. The molecule has 0 fully saturated rings. The lowest BCUT2D eigenvalue weighted by molar-refractivity contribution is 0.354. The number of rotatable bonds is 10. The van der Waals surface area contributed by atoms with Gasteiger partial charge in [-0.05, 0) is 43.2 Å². The van der Waals surface area contributed by atoms with Gasteiger partial charge in [-0.15, -0.1) is 0 Å². The van der Waals surface area contributed by atoms with Crippen LogP contribution in [0.2, 0.25) is 0 Å². The molecule has 2 N–H and O–H groups in total. The number of methoxy groups -OCH3 is 2. The second-order valence-corrected chi connectivity index (χ2v) is 8.37. The van der Waals surface area contributed by atoms with Crippen molar-refractivity contribution in [3.63, 3.8) is 0 Å². The highest BCUT2D eigenvalue weighted by molar-refractivity contribution is 7.91. The Kier molecular flexibility index (Phi) is 8.79. The molecule has 0 aliphatic heterocycles. The van der Waals surface area contributed by atoms with Crippen LogP contribution in [0.3, 0.4) is 0 Å². The van der Waals surface area contributed by atoms with Crippen molar-refractivity contribution in [2.24, 2.45) is 4.99 Å². The van der Waals surface area contributed by atoms with Crippen LogP contribution in [0.4, 0.5) is 0 Å². The van der Waals surface area contributed by atoms with Crippen molar-refractivity contribution < 1.29 is 17.9 Å². The normalized spacial score (nSPS) is 11.8. The lowest BCUT2D eigenvalue weighted by Gasteiger charge is -2.13. The van der Waals surface area contributed by atoms with Gasteiger partial charge in [-0.1, -0.05) is 24.3 Å². The van der Waals surface area contributed by atoms with Gasteiger partial charge in [0.2, 0.25) is 0 Å². The van der Waals surface area contributed by atoms with Gasteiger partial charge in [-0.25, -0.2) is 8.42 Å². The Morgan fingerprint density at radius 2 is 1.72 bits per heavy atom. The molecule has 0 saturated heterocycles. The summed E-state index contributed by atoms with van der Waals surface area (Å²) in [5, 5.41) is 6.37. The molecule has 0 aliphatic rings. The number of hydrogen-bond acceptors (Lipinski definition) is 5. The molecule has 0 aromatic heterocycles. The van der Waals surface area contributed by atoms with Gasteiger partial charge >= 0.3 is 0 Å². The van der Waals surface area contributed by atoms with E-state index >= 15 is 0 Å². The number of nitrogens with zero attached hydrogens (tertiary/aromatic N) is 1. The molecular formula is C21H29N3O4S. The van der Waals surface area contributed by atoms with Gasteiger partial charge in [0.05, 0.1) is 31.4 Å². The fourth-order valence-corrected chi connectivity index (χ4v) is 3.87. The minimum atomic E-state index is -3.34. The first-order valence-corrected chi connectivity index (χ1v) is 11.2. The first-order chi connectivity index (χ1) is 14.0. The Bertz CT molecular complexity index is 899. The number of nitrogens with one attached hydrogen (secondary N) is 2. The minimum absolute atomic E-state index is 0.0384. The van der Waals surface area contributed by atoms with Crippen LogP contribution in [-0.4, -0.2) is 54.0 Å². The van der Waals surface area contributed by atoms with Crippen molar-refractivity contribution in [1.82, 2.24) is 10.6 Å². The van der Waals surface area contributed by atoms with Gasteiger partial charge in [0.25, 0.3) is 0 Å². The van der Waals surface area contributed by atoms with E-state index in [9.17, 15) is 8.42 Å². The van der Waals surface area contributed by atoms with Crippen LogP contribution in [-0.2, 0) is 16.3 Å². The molecule has 7 nitrogen and oxygen atoms in total. The summed E-state index contributed by atoms with van der Waals surface area (Å²) >= 11 is 0. The number of ether oxygens (including phenoxy) is 2. The zero-order chi connectivity index (χ0) is 21.1. The smallest absolute Gasteiger partial charge is 0.191 e. The predicted molar refractivity (Wildman–Crippen MR) is 116 cm³/mol. The Labute approximate surface area is 173 Å².